The number of para-hydroxylation sites is 1. The zero-order valence-corrected chi connectivity index (χ0v) is 15.1. The van der Waals surface area contributed by atoms with Crippen LogP contribution in [0.2, 0.25) is 0 Å². The molecule has 0 unspecified atom stereocenters. The van der Waals surface area contributed by atoms with Crippen LogP contribution in [-0.2, 0) is 20.0 Å². The van der Waals surface area contributed by atoms with Gasteiger partial charge in [0.15, 0.2) is 0 Å². The van der Waals surface area contributed by atoms with Crippen LogP contribution >= 0.6 is 0 Å². The Bertz CT molecular complexity index is 1120. The van der Waals surface area contributed by atoms with Crippen molar-refractivity contribution in [2.75, 3.05) is 18.8 Å². The Morgan fingerprint density at radius 2 is 1.60 bits per heavy atom. The summed E-state index contributed by atoms with van der Waals surface area (Å²) in [6, 6.07) is 10.2. The van der Waals surface area contributed by atoms with Gasteiger partial charge in [0.1, 0.15) is 0 Å². The monoisotopic (exact) mass is 380 g/mol. The third-order valence-electron chi connectivity index (χ3n) is 3.63. The Morgan fingerprint density at radius 1 is 0.960 bits per heavy atom. The molecule has 25 heavy (non-hydrogen) atoms. The third-order valence-corrected chi connectivity index (χ3v) is 6.84. The Kier molecular flexibility index (Phi) is 4.27. The van der Waals surface area contributed by atoms with Crippen LogP contribution in [-0.4, -0.2) is 45.4 Å². The predicted octanol–water partition coefficient (Wildman–Crippen LogP) is 1.61. The smallest absolute Gasteiger partial charge is 0.261 e. The normalized spacial score (nSPS) is 12.6. The number of hydrogen-bond acceptors (Lipinski definition) is 5. The number of hydrogen-bond donors (Lipinski definition) is 2. The quantitative estimate of drug-likeness (QED) is 0.698. The largest absolute Gasteiger partial charge is 0.277 e. The van der Waals surface area contributed by atoms with E-state index in [1.165, 1.54) is 38.4 Å². The Balaban J connectivity index is 1.94. The molecule has 1 aromatic heterocycles. The highest BCUT2D eigenvalue weighted by molar-refractivity contribution is 7.92. The summed E-state index contributed by atoms with van der Waals surface area (Å²) in [5.41, 5.74) is 0.929. The van der Waals surface area contributed by atoms with Gasteiger partial charge in [0, 0.05) is 19.5 Å². The average Bonchev–Trinajstić information content (AvgIpc) is 3.04. The van der Waals surface area contributed by atoms with Crippen molar-refractivity contribution in [3.63, 3.8) is 0 Å². The minimum Gasteiger partial charge on any atom is -0.277 e. The van der Waals surface area contributed by atoms with Crippen molar-refractivity contribution < 1.29 is 16.8 Å². The van der Waals surface area contributed by atoms with Gasteiger partial charge in [0.2, 0.25) is 10.0 Å². The Labute approximate surface area is 145 Å². The summed E-state index contributed by atoms with van der Waals surface area (Å²) in [6.45, 7) is 0. The van der Waals surface area contributed by atoms with E-state index in [2.05, 4.69) is 14.9 Å². The zero-order chi connectivity index (χ0) is 18.2. The molecule has 0 fully saturated rings. The summed E-state index contributed by atoms with van der Waals surface area (Å²) in [6.07, 6.45) is 1.59. The number of aromatic amines is 1. The van der Waals surface area contributed by atoms with Gasteiger partial charge in [0.05, 0.1) is 27.2 Å². The molecule has 0 saturated heterocycles. The van der Waals surface area contributed by atoms with E-state index < -0.39 is 20.0 Å². The number of anilines is 1. The first kappa shape index (κ1) is 17.4. The lowest BCUT2D eigenvalue weighted by Gasteiger charge is -2.12. The molecule has 3 aromatic rings. The molecule has 0 atom stereocenters. The highest BCUT2D eigenvalue weighted by Gasteiger charge is 2.20. The van der Waals surface area contributed by atoms with E-state index in [4.69, 9.17) is 0 Å². The molecular weight excluding hydrogens is 364 g/mol. The second-order valence-electron chi connectivity index (χ2n) is 5.50. The molecule has 0 aliphatic carbocycles. The van der Waals surface area contributed by atoms with Crippen LogP contribution in [0.25, 0.3) is 10.9 Å². The molecule has 0 amide bonds. The van der Waals surface area contributed by atoms with Gasteiger partial charge in [0.25, 0.3) is 10.0 Å². The van der Waals surface area contributed by atoms with Crippen LogP contribution in [0.5, 0.6) is 0 Å². The van der Waals surface area contributed by atoms with E-state index in [-0.39, 0.29) is 9.79 Å². The fraction of sp³-hybridized carbons (Fsp3) is 0.133. The molecule has 1 heterocycles. The summed E-state index contributed by atoms with van der Waals surface area (Å²) in [4.78, 5) is -0.0196. The van der Waals surface area contributed by atoms with Gasteiger partial charge >= 0.3 is 0 Å². The molecular formula is C15H16N4O4S2. The van der Waals surface area contributed by atoms with Crippen molar-refractivity contribution in [3.05, 3.63) is 48.7 Å². The van der Waals surface area contributed by atoms with Crippen molar-refractivity contribution >= 4 is 36.6 Å². The zero-order valence-electron chi connectivity index (χ0n) is 13.5. The fourth-order valence-corrected chi connectivity index (χ4v) is 4.23. The number of nitrogens with one attached hydrogen (secondary N) is 2. The lowest BCUT2D eigenvalue weighted by Crippen LogP contribution is -2.22. The van der Waals surface area contributed by atoms with Gasteiger partial charge < -0.3 is 0 Å². The summed E-state index contributed by atoms with van der Waals surface area (Å²) < 4.78 is 52.8. The van der Waals surface area contributed by atoms with Crippen molar-refractivity contribution in [2.45, 2.75) is 9.79 Å². The van der Waals surface area contributed by atoms with Crippen LogP contribution in [0, 0.1) is 0 Å². The molecule has 2 N–H and O–H groups in total. The van der Waals surface area contributed by atoms with E-state index in [0.717, 1.165) is 9.69 Å². The molecule has 0 saturated carbocycles. The van der Waals surface area contributed by atoms with Crippen molar-refractivity contribution in [2.24, 2.45) is 0 Å². The lowest BCUT2D eigenvalue weighted by atomic mass is 10.2. The lowest BCUT2D eigenvalue weighted by molar-refractivity contribution is 0.520. The first-order chi connectivity index (χ1) is 11.7. The van der Waals surface area contributed by atoms with Crippen LogP contribution < -0.4 is 4.72 Å². The minimum absolute atomic E-state index is 0.0205. The molecule has 0 radical (unpaired) electrons. The number of fused-ring (bicyclic) bond motifs is 1. The summed E-state index contributed by atoms with van der Waals surface area (Å²) in [5, 5.41) is 7.40. The van der Waals surface area contributed by atoms with E-state index in [0.29, 0.717) is 11.2 Å². The van der Waals surface area contributed by atoms with Gasteiger partial charge in [-0.25, -0.2) is 21.1 Å². The number of nitrogens with zero attached hydrogens (tertiary/aromatic N) is 2. The first-order valence-corrected chi connectivity index (χ1v) is 10.1. The summed E-state index contributed by atoms with van der Waals surface area (Å²) in [7, 11) is -4.67. The summed E-state index contributed by atoms with van der Waals surface area (Å²) >= 11 is 0. The Hall–Kier alpha value is -2.43. The van der Waals surface area contributed by atoms with E-state index in [1.54, 1.807) is 24.4 Å². The SMILES string of the molecule is CN(C)S(=O)(=O)c1ccc(S(=O)(=O)Nc2cccc3cn[nH]c23)cc1. The van der Waals surface area contributed by atoms with Crippen molar-refractivity contribution in [1.29, 1.82) is 0 Å². The van der Waals surface area contributed by atoms with Crippen LogP contribution in [0.4, 0.5) is 5.69 Å². The topological polar surface area (TPSA) is 112 Å². The maximum absolute atomic E-state index is 12.6. The molecule has 0 aliphatic heterocycles. The number of rotatable bonds is 5. The van der Waals surface area contributed by atoms with E-state index in [9.17, 15) is 16.8 Å². The fourth-order valence-electron chi connectivity index (χ4n) is 2.26. The maximum Gasteiger partial charge on any atom is 0.261 e. The second kappa shape index (κ2) is 6.14. The van der Waals surface area contributed by atoms with Gasteiger partial charge in [-0.1, -0.05) is 12.1 Å². The highest BCUT2D eigenvalue weighted by atomic mass is 32.2. The van der Waals surface area contributed by atoms with Crippen LogP contribution in [0.3, 0.4) is 0 Å². The van der Waals surface area contributed by atoms with Gasteiger partial charge in [-0.15, -0.1) is 0 Å². The number of sulfonamides is 2. The van der Waals surface area contributed by atoms with E-state index >= 15 is 0 Å². The highest BCUT2D eigenvalue weighted by Crippen LogP contribution is 2.24. The number of benzene rings is 2. The molecule has 3 rings (SSSR count). The minimum atomic E-state index is -3.87. The van der Waals surface area contributed by atoms with Crippen LogP contribution in [0.1, 0.15) is 0 Å². The Morgan fingerprint density at radius 3 is 2.24 bits per heavy atom. The molecule has 0 bridgehead atoms. The third kappa shape index (κ3) is 3.23. The molecule has 0 spiro atoms. The standard InChI is InChI=1S/C15H16N4O4S2/c1-19(2)25(22,23)13-8-6-12(7-9-13)24(20,21)18-14-5-3-4-11-10-16-17-15(11)14/h3-10,18H,1-2H3,(H,16,17). The maximum atomic E-state index is 12.6. The van der Waals surface area contributed by atoms with Gasteiger partial charge in [-0.05, 0) is 30.3 Å². The molecule has 8 nitrogen and oxygen atoms in total. The number of aromatic nitrogens is 2. The second-order valence-corrected chi connectivity index (χ2v) is 9.34. The van der Waals surface area contributed by atoms with Crippen LogP contribution in [0.15, 0.2) is 58.5 Å². The van der Waals surface area contributed by atoms with Crippen molar-refractivity contribution in [1.82, 2.24) is 14.5 Å². The average molecular weight is 380 g/mol. The molecule has 2 aromatic carbocycles. The number of H-pyrrole nitrogens is 1. The molecule has 132 valence electrons. The van der Waals surface area contributed by atoms with Gasteiger partial charge in [-0.3, -0.25) is 9.82 Å². The predicted molar refractivity (Wildman–Crippen MR) is 94.2 cm³/mol. The summed E-state index contributed by atoms with van der Waals surface area (Å²) in [5.74, 6) is 0. The van der Waals surface area contributed by atoms with Gasteiger partial charge in [-0.2, -0.15) is 5.10 Å². The molecule has 0 aliphatic rings. The molecule has 10 heteroatoms. The van der Waals surface area contributed by atoms with E-state index in [1.807, 2.05) is 0 Å². The first-order valence-electron chi connectivity index (χ1n) is 7.19. The van der Waals surface area contributed by atoms with Crippen molar-refractivity contribution in [3.8, 4) is 0 Å².